The fraction of sp³-hybridized carbons (Fsp3) is 0.318. The van der Waals surface area contributed by atoms with Crippen LogP contribution in [0, 0.1) is 6.92 Å². The molecule has 2 heterocycles. The van der Waals surface area contributed by atoms with Crippen molar-refractivity contribution in [2.24, 2.45) is 0 Å². The first kappa shape index (κ1) is 22.5. The van der Waals surface area contributed by atoms with E-state index < -0.39 is 10.0 Å². The molecular formula is C22H25N5O3S2. The smallest absolute Gasteiger partial charge is 0.243 e. The van der Waals surface area contributed by atoms with Gasteiger partial charge in [0, 0.05) is 24.5 Å². The minimum atomic E-state index is -3.58. The SMILES string of the molecule is Cc1ccc(NC(=O)CSc2nncn2-c2ccccc2)cc1S(=O)(=O)N1CCCCC1. The van der Waals surface area contributed by atoms with Crippen molar-refractivity contribution in [2.75, 3.05) is 24.2 Å². The summed E-state index contributed by atoms with van der Waals surface area (Å²) in [5.41, 5.74) is 2.03. The molecule has 1 N–H and O–H groups in total. The largest absolute Gasteiger partial charge is 0.325 e. The van der Waals surface area contributed by atoms with E-state index in [2.05, 4.69) is 15.5 Å². The van der Waals surface area contributed by atoms with Gasteiger partial charge >= 0.3 is 0 Å². The fourth-order valence-electron chi connectivity index (χ4n) is 3.62. The van der Waals surface area contributed by atoms with E-state index in [0.717, 1.165) is 24.9 Å². The molecule has 10 heteroatoms. The van der Waals surface area contributed by atoms with Gasteiger partial charge in [0.2, 0.25) is 15.9 Å². The van der Waals surface area contributed by atoms with E-state index in [0.29, 0.717) is 29.5 Å². The molecule has 1 saturated heterocycles. The summed E-state index contributed by atoms with van der Waals surface area (Å²) >= 11 is 1.26. The minimum Gasteiger partial charge on any atom is -0.325 e. The van der Waals surface area contributed by atoms with Crippen LogP contribution in [-0.4, -0.2) is 52.2 Å². The average molecular weight is 472 g/mol. The minimum absolute atomic E-state index is 0.119. The maximum Gasteiger partial charge on any atom is 0.243 e. The molecule has 0 bridgehead atoms. The molecule has 1 aliphatic heterocycles. The zero-order valence-electron chi connectivity index (χ0n) is 17.8. The Morgan fingerprint density at radius 3 is 2.59 bits per heavy atom. The van der Waals surface area contributed by atoms with Crippen molar-refractivity contribution in [1.29, 1.82) is 0 Å². The molecule has 4 rings (SSSR count). The maximum atomic E-state index is 13.1. The van der Waals surface area contributed by atoms with Gasteiger partial charge in [-0.1, -0.05) is 42.4 Å². The first-order chi connectivity index (χ1) is 15.4. The molecule has 3 aromatic rings. The summed E-state index contributed by atoms with van der Waals surface area (Å²) in [4.78, 5) is 12.8. The van der Waals surface area contributed by atoms with E-state index in [-0.39, 0.29) is 16.6 Å². The second-order valence-electron chi connectivity index (χ2n) is 7.60. The molecule has 2 aromatic carbocycles. The summed E-state index contributed by atoms with van der Waals surface area (Å²) in [5, 5.41) is 11.4. The van der Waals surface area contributed by atoms with Crippen LogP contribution in [-0.2, 0) is 14.8 Å². The number of hydrogen-bond donors (Lipinski definition) is 1. The average Bonchev–Trinajstić information content (AvgIpc) is 3.29. The Morgan fingerprint density at radius 1 is 1.09 bits per heavy atom. The number of carbonyl (C=O) groups excluding carboxylic acids is 1. The summed E-state index contributed by atoms with van der Waals surface area (Å²) < 4.78 is 29.5. The predicted octanol–water partition coefficient (Wildman–Crippen LogP) is 3.48. The number of para-hydroxylation sites is 1. The Bertz CT molecular complexity index is 1190. The number of benzene rings is 2. The summed E-state index contributed by atoms with van der Waals surface area (Å²) in [6, 6.07) is 14.6. The van der Waals surface area contributed by atoms with Gasteiger partial charge in [-0.3, -0.25) is 9.36 Å². The molecule has 168 valence electrons. The van der Waals surface area contributed by atoms with E-state index in [1.807, 2.05) is 34.9 Å². The molecule has 0 unspecified atom stereocenters. The number of carbonyl (C=O) groups is 1. The number of sulfonamides is 1. The quantitative estimate of drug-likeness (QED) is 0.530. The molecular weight excluding hydrogens is 446 g/mol. The molecule has 0 radical (unpaired) electrons. The number of rotatable bonds is 7. The van der Waals surface area contributed by atoms with Crippen LogP contribution in [0.15, 0.2) is 64.9 Å². The number of piperidine rings is 1. The second-order valence-corrected chi connectivity index (χ2v) is 10.4. The highest BCUT2D eigenvalue weighted by Crippen LogP contribution is 2.26. The molecule has 1 aliphatic rings. The fourth-order valence-corrected chi connectivity index (χ4v) is 6.11. The first-order valence-corrected chi connectivity index (χ1v) is 12.9. The van der Waals surface area contributed by atoms with Gasteiger partial charge in [0.15, 0.2) is 5.16 Å². The Morgan fingerprint density at radius 2 is 1.84 bits per heavy atom. The number of aromatic nitrogens is 3. The summed E-state index contributed by atoms with van der Waals surface area (Å²) in [6.07, 6.45) is 4.41. The lowest BCUT2D eigenvalue weighted by Gasteiger charge is -2.26. The highest BCUT2D eigenvalue weighted by molar-refractivity contribution is 7.99. The van der Waals surface area contributed by atoms with E-state index in [9.17, 15) is 13.2 Å². The predicted molar refractivity (Wildman–Crippen MR) is 125 cm³/mol. The molecule has 1 amide bonds. The van der Waals surface area contributed by atoms with Crippen molar-refractivity contribution in [2.45, 2.75) is 36.2 Å². The van der Waals surface area contributed by atoms with Crippen LogP contribution >= 0.6 is 11.8 Å². The lowest BCUT2D eigenvalue weighted by Crippen LogP contribution is -2.36. The molecule has 8 nitrogen and oxygen atoms in total. The van der Waals surface area contributed by atoms with Crippen LogP contribution in [0.2, 0.25) is 0 Å². The molecule has 0 spiro atoms. The summed E-state index contributed by atoms with van der Waals surface area (Å²) in [5.74, 6) is -0.129. The molecule has 0 aliphatic carbocycles. The van der Waals surface area contributed by atoms with Crippen molar-refractivity contribution in [3.05, 3.63) is 60.4 Å². The Kier molecular flexibility index (Phi) is 6.92. The van der Waals surface area contributed by atoms with Crippen LogP contribution in [0.5, 0.6) is 0 Å². The van der Waals surface area contributed by atoms with Gasteiger partial charge in [0.25, 0.3) is 0 Å². The van der Waals surface area contributed by atoms with E-state index >= 15 is 0 Å². The number of amides is 1. The first-order valence-electron chi connectivity index (χ1n) is 10.4. The third-order valence-corrected chi connectivity index (χ3v) is 8.27. The number of nitrogens with zero attached hydrogens (tertiary/aromatic N) is 4. The summed E-state index contributed by atoms with van der Waals surface area (Å²) in [6.45, 7) is 2.85. The van der Waals surface area contributed by atoms with Gasteiger partial charge in [0.05, 0.1) is 10.6 Å². The molecule has 1 aromatic heterocycles. The van der Waals surface area contributed by atoms with Crippen molar-refractivity contribution >= 4 is 33.4 Å². The van der Waals surface area contributed by atoms with Crippen molar-refractivity contribution in [3.8, 4) is 5.69 Å². The van der Waals surface area contributed by atoms with Gasteiger partial charge < -0.3 is 5.32 Å². The van der Waals surface area contributed by atoms with Crippen molar-refractivity contribution < 1.29 is 13.2 Å². The van der Waals surface area contributed by atoms with Gasteiger partial charge in [-0.05, 0) is 49.6 Å². The number of hydrogen-bond acceptors (Lipinski definition) is 6. The van der Waals surface area contributed by atoms with Crippen LogP contribution < -0.4 is 5.32 Å². The lowest BCUT2D eigenvalue weighted by molar-refractivity contribution is -0.113. The molecule has 0 saturated carbocycles. The summed E-state index contributed by atoms with van der Waals surface area (Å²) in [7, 11) is -3.58. The number of anilines is 1. The standard InChI is InChI=1S/C22H25N5O3S2/c1-17-10-11-18(14-20(17)32(29,30)26-12-6-3-7-13-26)24-21(28)15-31-22-25-23-16-27(22)19-8-4-2-5-9-19/h2,4-5,8-11,14,16H,3,6-7,12-13,15H2,1H3,(H,24,28). The van der Waals surface area contributed by atoms with E-state index in [1.54, 1.807) is 31.5 Å². The third kappa shape index (κ3) is 5.03. The Hall–Kier alpha value is -2.69. The topological polar surface area (TPSA) is 97.2 Å². The van der Waals surface area contributed by atoms with Crippen LogP contribution in [0.3, 0.4) is 0 Å². The highest BCUT2D eigenvalue weighted by Gasteiger charge is 2.27. The third-order valence-electron chi connectivity index (χ3n) is 5.29. The number of nitrogens with one attached hydrogen (secondary N) is 1. The van der Waals surface area contributed by atoms with Crippen molar-refractivity contribution in [1.82, 2.24) is 19.1 Å². The van der Waals surface area contributed by atoms with E-state index in [4.69, 9.17) is 0 Å². The normalized spacial score (nSPS) is 14.9. The molecule has 1 fully saturated rings. The van der Waals surface area contributed by atoms with Gasteiger partial charge in [0.1, 0.15) is 6.33 Å². The Labute approximate surface area is 192 Å². The monoisotopic (exact) mass is 471 g/mol. The van der Waals surface area contributed by atoms with Gasteiger partial charge in [-0.2, -0.15) is 4.31 Å². The van der Waals surface area contributed by atoms with Crippen LogP contribution in [0.25, 0.3) is 5.69 Å². The number of aryl methyl sites for hydroxylation is 1. The second kappa shape index (κ2) is 9.85. The van der Waals surface area contributed by atoms with Gasteiger partial charge in [-0.15, -0.1) is 10.2 Å². The highest BCUT2D eigenvalue weighted by atomic mass is 32.2. The zero-order valence-corrected chi connectivity index (χ0v) is 19.4. The molecule has 32 heavy (non-hydrogen) atoms. The lowest BCUT2D eigenvalue weighted by atomic mass is 10.2. The maximum absolute atomic E-state index is 13.1. The van der Waals surface area contributed by atoms with Crippen LogP contribution in [0.4, 0.5) is 5.69 Å². The number of thioether (sulfide) groups is 1. The van der Waals surface area contributed by atoms with E-state index in [1.165, 1.54) is 16.1 Å². The van der Waals surface area contributed by atoms with Crippen LogP contribution in [0.1, 0.15) is 24.8 Å². The molecule has 0 atom stereocenters. The van der Waals surface area contributed by atoms with Gasteiger partial charge in [-0.25, -0.2) is 8.42 Å². The van der Waals surface area contributed by atoms with Crippen molar-refractivity contribution in [3.63, 3.8) is 0 Å². The zero-order chi connectivity index (χ0) is 22.6. The Balaban J connectivity index is 1.43.